The van der Waals surface area contributed by atoms with E-state index < -0.39 is 0 Å². The van der Waals surface area contributed by atoms with Crippen molar-refractivity contribution < 1.29 is 4.79 Å². The zero-order valence-corrected chi connectivity index (χ0v) is 18.9. The Hall–Kier alpha value is -2.40. The first-order chi connectivity index (χ1) is 14.6. The van der Waals surface area contributed by atoms with Gasteiger partial charge in [0, 0.05) is 33.8 Å². The summed E-state index contributed by atoms with van der Waals surface area (Å²) in [4.78, 5) is 21.4. The summed E-state index contributed by atoms with van der Waals surface area (Å²) in [5.74, 6) is 0.431. The first-order valence-corrected chi connectivity index (χ1v) is 11.9. The maximum atomic E-state index is 12.3. The lowest BCUT2D eigenvalue weighted by Gasteiger charge is -2.06. The van der Waals surface area contributed by atoms with E-state index in [-0.39, 0.29) is 5.91 Å². The summed E-state index contributed by atoms with van der Waals surface area (Å²) < 4.78 is 0. The number of pyridine rings is 1. The number of thiazole rings is 1. The van der Waals surface area contributed by atoms with Gasteiger partial charge in [-0.25, -0.2) is 9.97 Å². The van der Waals surface area contributed by atoms with Crippen LogP contribution < -0.4 is 5.32 Å². The van der Waals surface area contributed by atoms with Gasteiger partial charge in [0.15, 0.2) is 5.13 Å². The highest BCUT2D eigenvalue weighted by Crippen LogP contribution is 2.26. The number of anilines is 1. The van der Waals surface area contributed by atoms with E-state index in [0.29, 0.717) is 32.9 Å². The summed E-state index contributed by atoms with van der Waals surface area (Å²) in [6.45, 7) is 2.14. The van der Waals surface area contributed by atoms with Crippen LogP contribution in [0.4, 0.5) is 5.13 Å². The third-order valence-corrected chi connectivity index (χ3v) is 6.29. The van der Waals surface area contributed by atoms with Crippen LogP contribution in [0.3, 0.4) is 0 Å². The summed E-state index contributed by atoms with van der Waals surface area (Å²) in [5, 5.41) is 16.0. The van der Waals surface area contributed by atoms with Gasteiger partial charge in [-0.15, -0.1) is 23.1 Å². The minimum Gasteiger partial charge on any atom is -0.302 e. The lowest BCUT2D eigenvalue weighted by Crippen LogP contribution is -2.12. The third-order valence-electron chi connectivity index (χ3n) is 4.28. The highest BCUT2D eigenvalue weighted by molar-refractivity contribution is 7.99. The van der Waals surface area contributed by atoms with E-state index in [1.54, 1.807) is 0 Å². The Balaban J connectivity index is 1.53. The average Bonchev–Trinajstić information content (AvgIpc) is 3.21. The van der Waals surface area contributed by atoms with Crippen LogP contribution in [-0.2, 0) is 11.2 Å². The van der Waals surface area contributed by atoms with Crippen molar-refractivity contribution in [2.75, 3.05) is 11.1 Å². The molecule has 0 unspecified atom stereocenters. The number of carbonyl (C=O) groups excluding carboxylic acids is 1. The molecule has 0 spiro atoms. The molecule has 0 atom stereocenters. The topological polar surface area (TPSA) is 78.7 Å². The lowest BCUT2D eigenvalue weighted by molar-refractivity contribution is -0.115. The number of halogens is 1. The number of carbonyl (C=O) groups is 1. The van der Waals surface area contributed by atoms with Gasteiger partial charge in [0.1, 0.15) is 11.1 Å². The zero-order chi connectivity index (χ0) is 21.3. The first kappa shape index (κ1) is 22.3. The van der Waals surface area contributed by atoms with Crippen LogP contribution >= 0.6 is 34.7 Å². The number of hydrogen-bond donors (Lipinski definition) is 1. The quantitative estimate of drug-likeness (QED) is 0.388. The Kier molecular flexibility index (Phi) is 8.26. The summed E-state index contributed by atoms with van der Waals surface area (Å²) >= 11 is 8.74. The molecule has 0 radical (unpaired) electrons. The number of benzene rings is 1. The van der Waals surface area contributed by atoms with E-state index in [2.05, 4.69) is 28.3 Å². The van der Waals surface area contributed by atoms with E-state index in [1.165, 1.54) is 23.1 Å². The Bertz CT molecular complexity index is 1040. The maximum Gasteiger partial charge on any atom is 0.226 e. The molecule has 3 aromatic rings. The largest absolute Gasteiger partial charge is 0.302 e. The molecule has 0 fully saturated rings. The fourth-order valence-electron chi connectivity index (χ4n) is 2.68. The van der Waals surface area contributed by atoms with Crippen LogP contribution in [0.15, 0.2) is 46.8 Å². The van der Waals surface area contributed by atoms with Crippen molar-refractivity contribution >= 4 is 45.7 Å². The molecule has 2 aromatic heterocycles. The van der Waals surface area contributed by atoms with Crippen LogP contribution in [0.25, 0.3) is 11.3 Å². The van der Waals surface area contributed by atoms with Crippen LogP contribution in [0, 0.1) is 11.3 Å². The molecule has 8 heteroatoms. The molecule has 3 rings (SSSR count). The van der Waals surface area contributed by atoms with E-state index in [1.807, 2.05) is 41.8 Å². The van der Waals surface area contributed by atoms with Gasteiger partial charge in [0.05, 0.1) is 11.3 Å². The number of amides is 1. The highest BCUT2D eigenvalue weighted by Gasteiger charge is 2.11. The minimum absolute atomic E-state index is 0.111. The van der Waals surface area contributed by atoms with Crippen LogP contribution in [0.5, 0.6) is 0 Å². The Morgan fingerprint density at radius 1 is 1.23 bits per heavy atom. The predicted octanol–water partition coefficient (Wildman–Crippen LogP) is 6.19. The van der Waals surface area contributed by atoms with E-state index in [4.69, 9.17) is 11.6 Å². The second kappa shape index (κ2) is 11.1. The molecule has 0 aliphatic heterocycles. The summed E-state index contributed by atoms with van der Waals surface area (Å²) in [6.07, 6.45) is 3.38. The molecule has 0 saturated heterocycles. The zero-order valence-electron chi connectivity index (χ0n) is 16.5. The smallest absolute Gasteiger partial charge is 0.226 e. The fraction of sp³-hybridized carbons (Fsp3) is 0.273. The van der Waals surface area contributed by atoms with Crippen LogP contribution in [0.1, 0.15) is 37.4 Å². The van der Waals surface area contributed by atoms with Crippen molar-refractivity contribution in [2.45, 2.75) is 37.6 Å². The van der Waals surface area contributed by atoms with E-state index >= 15 is 0 Å². The van der Waals surface area contributed by atoms with Crippen LogP contribution in [-0.4, -0.2) is 21.6 Å². The molecular formula is C22H21ClN4OS2. The van der Waals surface area contributed by atoms with Crippen molar-refractivity contribution in [3.8, 4) is 17.3 Å². The predicted molar refractivity (Wildman–Crippen MR) is 124 cm³/mol. The van der Waals surface area contributed by atoms with Gasteiger partial charge < -0.3 is 5.32 Å². The van der Waals surface area contributed by atoms with Gasteiger partial charge in [-0.3, -0.25) is 4.79 Å². The SMILES string of the molecule is CCCCc1ccc(C#N)c(SCCC(=O)Nc2nc(-c3ccc(Cl)cc3)cs2)n1. The molecule has 0 saturated carbocycles. The normalized spacial score (nSPS) is 10.6. The molecule has 1 aromatic carbocycles. The van der Waals surface area contributed by atoms with Crippen molar-refractivity contribution in [3.63, 3.8) is 0 Å². The average molecular weight is 457 g/mol. The summed E-state index contributed by atoms with van der Waals surface area (Å²) in [5.41, 5.74) is 3.28. The molecule has 30 heavy (non-hydrogen) atoms. The Morgan fingerprint density at radius 3 is 2.77 bits per heavy atom. The summed E-state index contributed by atoms with van der Waals surface area (Å²) in [7, 11) is 0. The highest BCUT2D eigenvalue weighted by atomic mass is 35.5. The number of aromatic nitrogens is 2. The molecule has 1 N–H and O–H groups in total. The van der Waals surface area contributed by atoms with E-state index in [9.17, 15) is 10.1 Å². The van der Waals surface area contributed by atoms with Gasteiger partial charge in [-0.1, -0.05) is 37.1 Å². The maximum absolute atomic E-state index is 12.3. The number of thioether (sulfide) groups is 1. The monoisotopic (exact) mass is 456 g/mol. The molecular weight excluding hydrogens is 436 g/mol. The number of hydrogen-bond acceptors (Lipinski definition) is 6. The molecule has 1 amide bonds. The van der Waals surface area contributed by atoms with Gasteiger partial charge in [0.2, 0.25) is 5.91 Å². The number of nitrogens with zero attached hydrogens (tertiary/aromatic N) is 3. The molecule has 0 aliphatic rings. The fourth-order valence-corrected chi connectivity index (χ4v) is 4.47. The third kappa shape index (κ3) is 6.30. The molecule has 5 nitrogen and oxygen atoms in total. The Morgan fingerprint density at radius 2 is 2.03 bits per heavy atom. The van der Waals surface area contributed by atoms with Crippen molar-refractivity contribution in [2.24, 2.45) is 0 Å². The first-order valence-electron chi connectivity index (χ1n) is 9.63. The van der Waals surface area contributed by atoms with Crippen molar-refractivity contribution in [1.29, 1.82) is 5.26 Å². The Labute approximate surface area is 189 Å². The lowest BCUT2D eigenvalue weighted by atomic mass is 10.2. The van der Waals surface area contributed by atoms with Gasteiger partial charge in [0.25, 0.3) is 0 Å². The van der Waals surface area contributed by atoms with Crippen molar-refractivity contribution in [1.82, 2.24) is 9.97 Å². The van der Waals surface area contributed by atoms with Crippen molar-refractivity contribution in [3.05, 3.63) is 58.1 Å². The number of unbranched alkanes of at least 4 members (excludes halogenated alkanes) is 1. The molecule has 0 bridgehead atoms. The minimum atomic E-state index is -0.111. The molecule has 0 aliphatic carbocycles. The van der Waals surface area contributed by atoms with Gasteiger partial charge in [-0.05, 0) is 37.1 Å². The number of nitrogens with one attached hydrogen (secondary N) is 1. The number of aryl methyl sites for hydroxylation is 1. The van der Waals surface area contributed by atoms with Crippen LogP contribution in [0.2, 0.25) is 5.02 Å². The molecule has 2 heterocycles. The standard InChI is InChI=1S/C22H21ClN4OS2/c1-2-3-4-18-10-7-16(13-24)21(25-18)29-12-11-20(28)27-22-26-19(14-30-22)15-5-8-17(23)9-6-15/h5-10,14H,2-4,11-12H2,1H3,(H,26,27,28). The number of nitriles is 1. The van der Waals surface area contributed by atoms with Gasteiger partial charge in [-0.2, -0.15) is 5.26 Å². The summed E-state index contributed by atoms with van der Waals surface area (Å²) in [6, 6.07) is 13.3. The molecule has 154 valence electrons. The van der Waals surface area contributed by atoms with E-state index in [0.717, 1.165) is 36.2 Å². The second-order valence-electron chi connectivity index (χ2n) is 6.56. The number of rotatable bonds is 9. The van der Waals surface area contributed by atoms with Gasteiger partial charge >= 0.3 is 0 Å². The second-order valence-corrected chi connectivity index (χ2v) is 8.94.